The van der Waals surface area contributed by atoms with Gasteiger partial charge in [-0.15, -0.1) is 0 Å². The summed E-state index contributed by atoms with van der Waals surface area (Å²) in [4.78, 5) is 0. The summed E-state index contributed by atoms with van der Waals surface area (Å²) in [6.45, 7) is 0. The summed E-state index contributed by atoms with van der Waals surface area (Å²) in [7, 11) is 0. The number of anilines is 1. The van der Waals surface area contributed by atoms with Gasteiger partial charge >= 0.3 is 0 Å². The smallest absolute Gasteiger partial charge is 0.192 e. The van der Waals surface area contributed by atoms with Gasteiger partial charge in [-0.05, 0) is 5.34 Å². The van der Waals surface area contributed by atoms with E-state index in [9.17, 15) is 26.5 Å². The van der Waals surface area contributed by atoms with Crippen LogP contribution in [0.4, 0.5) is 32.2 Å². The summed E-state index contributed by atoms with van der Waals surface area (Å²) in [5, 5.41) is 6.00. The Morgan fingerprint density at radius 3 is 1.53 bits per heavy atom. The second kappa shape index (κ2) is 3.68. The van der Waals surface area contributed by atoms with Crippen molar-refractivity contribution in [1.29, 1.82) is 5.26 Å². The van der Waals surface area contributed by atoms with Crippen molar-refractivity contribution in [3.8, 4) is 6.07 Å². The number of halogens is 6. The lowest BCUT2D eigenvalue weighted by atomic mass is 10.1. The van der Waals surface area contributed by atoms with E-state index in [4.69, 9.17) is 5.26 Å². The van der Waals surface area contributed by atoms with Crippen LogP contribution in [-0.4, -0.2) is 0 Å². The molecule has 0 radical (unpaired) electrons. The van der Waals surface area contributed by atoms with Crippen molar-refractivity contribution in [1.82, 2.24) is 0 Å². The number of hydrogen-bond donors (Lipinski definition) is 0. The second-order valence-electron chi connectivity index (χ2n) is 2.32. The van der Waals surface area contributed by atoms with Crippen molar-refractivity contribution in [3.05, 3.63) is 28.8 Å². The highest BCUT2D eigenvalue weighted by atomic mass is 19.4. The third-order valence-electron chi connectivity index (χ3n) is 1.52. The number of hydrogen-bond acceptors (Lipinski definition) is 2. The molecule has 0 saturated heterocycles. The molecule has 0 N–H and O–H groups in total. The molecule has 0 fully saturated rings. The molecule has 1 rings (SSSR count). The standard InChI is InChI=1S/C7F6N2/c8-3-2(1-14)4(9)6(11)7(5(3)10)15(12)13. The Hall–Kier alpha value is -1.91. The van der Waals surface area contributed by atoms with Gasteiger partial charge in [0.1, 0.15) is 11.6 Å². The van der Waals surface area contributed by atoms with Gasteiger partial charge in [0, 0.05) is 0 Å². The first-order chi connectivity index (χ1) is 6.91. The molecule has 0 aliphatic carbocycles. The molecule has 0 unspecified atom stereocenters. The molecular formula is C7F6N2. The normalized spacial score (nSPS) is 9.93. The van der Waals surface area contributed by atoms with Gasteiger partial charge in [0.05, 0.1) is 0 Å². The van der Waals surface area contributed by atoms with Crippen molar-refractivity contribution in [2.45, 2.75) is 0 Å². The predicted octanol–water partition coefficient (Wildman–Crippen LogP) is 2.69. The van der Waals surface area contributed by atoms with Gasteiger partial charge < -0.3 is 0 Å². The Bertz CT molecular complexity index is 421. The van der Waals surface area contributed by atoms with E-state index in [1.807, 2.05) is 0 Å². The molecule has 2 nitrogen and oxygen atoms in total. The van der Waals surface area contributed by atoms with Crippen LogP contribution in [0, 0.1) is 34.6 Å². The lowest BCUT2D eigenvalue weighted by Crippen LogP contribution is -2.09. The number of benzene rings is 1. The molecule has 15 heavy (non-hydrogen) atoms. The Kier molecular flexibility index (Phi) is 2.74. The third-order valence-corrected chi connectivity index (χ3v) is 1.52. The van der Waals surface area contributed by atoms with E-state index in [-0.39, 0.29) is 0 Å². The fourth-order valence-electron chi connectivity index (χ4n) is 0.867. The molecule has 80 valence electrons. The molecule has 1 aromatic carbocycles. The molecule has 8 heteroatoms. The predicted molar refractivity (Wildman–Crippen MR) is 35.7 cm³/mol. The van der Waals surface area contributed by atoms with E-state index in [0.717, 1.165) is 6.07 Å². The van der Waals surface area contributed by atoms with Crippen LogP contribution in [0.3, 0.4) is 0 Å². The summed E-state index contributed by atoms with van der Waals surface area (Å²) in [6, 6.07) is 0.818. The van der Waals surface area contributed by atoms with Crippen molar-refractivity contribution >= 4 is 5.69 Å². The van der Waals surface area contributed by atoms with Crippen LogP contribution in [-0.2, 0) is 0 Å². The molecular weight excluding hydrogens is 226 g/mol. The molecule has 0 bridgehead atoms. The Labute approximate surface area is 78.8 Å². The average Bonchev–Trinajstić information content (AvgIpc) is 2.16. The third kappa shape index (κ3) is 1.56. The molecule has 0 aliphatic rings. The van der Waals surface area contributed by atoms with E-state index in [0.29, 0.717) is 0 Å². The van der Waals surface area contributed by atoms with Gasteiger partial charge in [-0.25, -0.2) is 17.6 Å². The van der Waals surface area contributed by atoms with E-state index in [2.05, 4.69) is 0 Å². The highest BCUT2D eigenvalue weighted by Crippen LogP contribution is 2.30. The van der Waals surface area contributed by atoms with Crippen molar-refractivity contribution in [2.75, 3.05) is 5.34 Å². The maximum atomic E-state index is 12.7. The SMILES string of the molecule is N#Cc1c(F)c(F)c(N(F)F)c(F)c1F. The van der Waals surface area contributed by atoms with Crippen molar-refractivity contribution in [2.24, 2.45) is 0 Å². The first-order valence-corrected chi connectivity index (χ1v) is 3.29. The quantitative estimate of drug-likeness (QED) is 0.418. The zero-order valence-electron chi connectivity index (χ0n) is 6.66. The molecule has 1 aromatic rings. The number of nitrogens with zero attached hydrogens (tertiary/aromatic N) is 2. The van der Waals surface area contributed by atoms with Gasteiger partial charge in [0.25, 0.3) is 0 Å². The van der Waals surface area contributed by atoms with E-state index >= 15 is 0 Å². The van der Waals surface area contributed by atoms with Crippen LogP contribution in [0.25, 0.3) is 0 Å². The van der Waals surface area contributed by atoms with Crippen LogP contribution < -0.4 is 5.34 Å². The lowest BCUT2D eigenvalue weighted by molar-refractivity contribution is 0.223. The minimum Gasteiger partial charge on any atom is -0.202 e. The largest absolute Gasteiger partial charge is 0.202 e. The first-order valence-electron chi connectivity index (χ1n) is 3.29. The fourth-order valence-corrected chi connectivity index (χ4v) is 0.867. The highest BCUT2D eigenvalue weighted by molar-refractivity contribution is 5.51. The molecule has 0 atom stereocenters. The van der Waals surface area contributed by atoms with E-state index in [1.54, 1.807) is 0 Å². The van der Waals surface area contributed by atoms with Crippen LogP contribution in [0.5, 0.6) is 0 Å². The molecule has 0 aliphatic heterocycles. The summed E-state index contributed by atoms with van der Waals surface area (Å²) in [5.41, 5.74) is -3.76. The van der Waals surface area contributed by atoms with E-state index in [1.165, 1.54) is 0 Å². The van der Waals surface area contributed by atoms with Crippen molar-refractivity contribution < 1.29 is 26.5 Å². The minimum absolute atomic E-state index is 0.818. The minimum atomic E-state index is -2.32. The van der Waals surface area contributed by atoms with E-state index < -0.39 is 39.9 Å². The van der Waals surface area contributed by atoms with Gasteiger partial charge in [-0.2, -0.15) is 5.26 Å². The highest BCUT2D eigenvalue weighted by Gasteiger charge is 2.29. The Balaban J connectivity index is 3.69. The second-order valence-corrected chi connectivity index (χ2v) is 2.32. The zero-order valence-corrected chi connectivity index (χ0v) is 6.66. The van der Waals surface area contributed by atoms with Crippen LogP contribution in [0.2, 0.25) is 0 Å². The molecule has 0 amide bonds. The van der Waals surface area contributed by atoms with Gasteiger partial charge in [0.15, 0.2) is 29.0 Å². The van der Waals surface area contributed by atoms with Crippen LogP contribution in [0.15, 0.2) is 0 Å². The first kappa shape index (κ1) is 11.2. The zero-order chi connectivity index (χ0) is 11.7. The topological polar surface area (TPSA) is 27.0 Å². The summed E-state index contributed by atoms with van der Waals surface area (Å²) >= 11 is 0. The van der Waals surface area contributed by atoms with Gasteiger partial charge in [-0.3, -0.25) is 0 Å². The van der Waals surface area contributed by atoms with Crippen LogP contribution >= 0.6 is 0 Å². The summed E-state index contributed by atoms with van der Waals surface area (Å²) < 4.78 is 74.4. The average molecular weight is 226 g/mol. The molecule has 0 spiro atoms. The fraction of sp³-hybridized carbons (Fsp3) is 0. The van der Waals surface area contributed by atoms with Crippen LogP contribution in [0.1, 0.15) is 5.56 Å². The summed E-state index contributed by atoms with van der Waals surface area (Å²) in [6.07, 6.45) is 0. The molecule has 0 aromatic heterocycles. The number of nitriles is 1. The molecule has 0 saturated carbocycles. The Morgan fingerprint density at radius 2 is 1.27 bits per heavy atom. The van der Waals surface area contributed by atoms with Gasteiger partial charge in [0.2, 0.25) is 0 Å². The molecule has 0 heterocycles. The monoisotopic (exact) mass is 226 g/mol. The maximum absolute atomic E-state index is 12.7. The maximum Gasteiger partial charge on any atom is 0.192 e. The summed E-state index contributed by atoms with van der Waals surface area (Å²) in [5.74, 6) is -8.97. The van der Waals surface area contributed by atoms with Crippen molar-refractivity contribution in [3.63, 3.8) is 0 Å². The lowest BCUT2D eigenvalue weighted by Gasteiger charge is -2.07. The van der Waals surface area contributed by atoms with Gasteiger partial charge in [-0.1, -0.05) is 8.96 Å². The number of rotatable bonds is 1. The Morgan fingerprint density at radius 1 is 0.867 bits per heavy atom.